The molecule has 6 rings (SSSR count). The van der Waals surface area contributed by atoms with Crippen LogP contribution in [0.1, 0.15) is 59.8 Å². The molecular formula is C23H24F2N6O2. The smallest absolute Gasteiger partial charge is 0.280 e. The van der Waals surface area contributed by atoms with Gasteiger partial charge in [-0.2, -0.15) is 10.1 Å². The fraction of sp³-hybridized carbons (Fsp3) is 0.478. The monoisotopic (exact) mass is 454 g/mol. The number of carbonyl (C=O) groups is 1. The first kappa shape index (κ1) is 20.3. The van der Waals surface area contributed by atoms with Crippen molar-refractivity contribution in [1.82, 2.24) is 24.5 Å². The third-order valence-corrected chi connectivity index (χ3v) is 7.26. The zero-order valence-corrected chi connectivity index (χ0v) is 18.2. The minimum Gasteiger partial charge on any atom is -0.490 e. The molecule has 2 fully saturated rings. The van der Waals surface area contributed by atoms with Crippen LogP contribution in [0.4, 0.5) is 14.5 Å². The number of fused-ring (bicyclic) bond motifs is 4. The highest BCUT2D eigenvalue weighted by atomic mass is 19.3. The van der Waals surface area contributed by atoms with Gasteiger partial charge < -0.3 is 14.5 Å². The molecule has 172 valence electrons. The second-order valence-electron chi connectivity index (χ2n) is 9.03. The summed E-state index contributed by atoms with van der Waals surface area (Å²) in [5.74, 6) is 0.731. The molecule has 2 saturated heterocycles. The standard InChI is InChI=1S/C23H24F2N6O2/c1-29-8-9-33-20-10-13(2-6-18(20)29)22(32)30-14-3-5-15(17(30)7-4-14)19-11-16(21(24)25)28-23-26-12-27-31(19)23/h2,6,10-12,14-15,17,21H,3-5,7-9H2,1H3/t14-,15-,17-/m0/s1. The highest BCUT2D eigenvalue weighted by molar-refractivity contribution is 5.96. The molecule has 2 bridgehead atoms. The first-order valence-corrected chi connectivity index (χ1v) is 11.3. The summed E-state index contributed by atoms with van der Waals surface area (Å²) in [4.78, 5) is 25.7. The third-order valence-electron chi connectivity index (χ3n) is 7.26. The van der Waals surface area contributed by atoms with Crippen molar-refractivity contribution in [3.05, 3.63) is 47.5 Å². The largest absolute Gasteiger partial charge is 0.490 e. The Kier molecular flexibility index (Phi) is 4.70. The number of carbonyl (C=O) groups excluding carboxylic acids is 1. The van der Waals surface area contributed by atoms with Crippen molar-refractivity contribution in [2.24, 2.45) is 0 Å². The Morgan fingerprint density at radius 3 is 2.88 bits per heavy atom. The maximum atomic E-state index is 13.7. The summed E-state index contributed by atoms with van der Waals surface area (Å²) in [5, 5.41) is 4.23. The van der Waals surface area contributed by atoms with Crippen molar-refractivity contribution in [2.45, 2.75) is 50.1 Å². The average molecular weight is 454 g/mol. The zero-order valence-electron chi connectivity index (χ0n) is 18.2. The second-order valence-corrected chi connectivity index (χ2v) is 9.03. The van der Waals surface area contributed by atoms with E-state index in [1.807, 2.05) is 30.1 Å². The summed E-state index contributed by atoms with van der Waals surface area (Å²) in [6.07, 6.45) is 1.99. The van der Waals surface area contributed by atoms with Gasteiger partial charge in [0.25, 0.3) is 18.1 Å². The van der Waals surface area contributed by atoms with Gasteiger partial charge >= 0.3 is 0 Å². The Morgan fingerprint density at radius 1 is 1.18 bits per heavy atom. The number of amides is 1. The van der Waals surface area contributed by atoms with E-state index in [2.05, 4.69) is 20.0 Å². The van der Waals surface area contributed by atoms with Gasteiger partial charge in [-0.1, -0.05) is 0 Å². The van der Waals surface area contributed by atoms with Crippen LogP contribution in [0, 0.1) is 0 Å². The first-order chi connectivity index (χ1) is 16.0. The Labute approximate surface area is 189 Å². The minimum absolute atomic E-state index is 0.0372. The molecule has 1 amide bonds. The van der Waals surface area contributed by atoms with Gasteiger partial charge in [-0.05, 0) is 49.9 Å². The van der Waals surface area contributed by atoms with Gasteiger partial charge in [0.05, 0.1) is 17.9 Å². The Morgan fingerprint density at radius 2 is 2.03 bits per heavy atom. The topological polar surface area (TPSA) is 75.9 Å². The highest BCUT2D eigenvalue weighted by Gasteiger charge is 2.46. The lowest BCUT2D eigenvalue weighted by Crippen LogP contribution is -2.47. The highest BCUT2D eigenvalue weighted by Crippen LogP contribution is 2.45. The van der Waals surface area contributed by atoms with E-state index in [1.54, 1.807) is 4.52 Å². The van der Waals surface area contributed by atoms with Gasteiger partial charge in [-0.25, -0.2) is 18.3 Å². The summed E-state index contributed by atoms with van der Waals surface area (Å²) in [6, 6.07) is 7.11. The number of aromatic nitrogens is 4. The van der Waals surface area contributed by atoms with Crippen LogP contribution in [-0.2, 0) is 0 Å². The second kappa shape index (κ2) is 7.64. The molecular weight excluding hydrogens is 430 g/mol. The van der Waals surface area contributed by atoms with Crippen LogP contribution in [0.15, 0.2) is 30.6 Å². The molecule has 2 aromatic heterocycles. The predicted molar refractivity (Wildman–Crippen MR) is 116 cm³/mol. The van der Waals surface area contributed by atoms with E-state index in [0.29, 0.717) is 17.9 Å². The van der Waals surface area contributed by atoms with E-state index >= 15 is 0 Å². The van der Waals surface area contributed by atoms with Crippen LogP contribution in [0.3, 0.4) is 0 Å². The lowest BCUT2D eigenvalue weighted by atomic mass is 9.86. The molecule has 0 spiro atoms. The van der Waals surface area contributed by atoms with Crippen molar-refractivity contribution in [1.29, 1.82) is 0 Å². The number of rotatable bonds is 3. The number of benzene rings is 1. The molecule has 3 aromatic rings. The Balaban J connectivity index is 1.36. The molecule has 0 radical (unpaired) electrons. The number of anilines is 1. The van der Waals surface area contributed by atoms with Crippen molar-refractivity contribution < 1.29 is 18.3 Å². The summed E-state index contributed by atoms with van der Waals surface area (Å²) in [7, 11) is 2.01. The number of ether oxygens (including phenoxy) is 1. The van der Waals surface area contributed by atoms with Crippen molar-refractivity contribution in [2.75, 3.05) is 25.1 Å². The van der Waals surface area contributed by atoms with E-state index in [1.165, 1.54) is 12.4 Å². The molecule has 33 heavy (non-hydrogen) atoms. The molecule has 5 heterocycles. The molecule has 8 nitrogen and oxygen atoms in total. The lowest BCUT2D eigenvalue weighted by Gasteiger charge is -2.40. The maximum Gasteiger partial charge on any atom is 0.280 e. The summed E-state index contributed by atoms with van der Waals surface area (Å²) >= 11 is 0. The van der Waals surface area contributed by atoms with Gasteiger partial charge in [-0.15, -0.1) is 0 Å². The normalized spacial score (nSPS) is 24.3. The van der Waals surface area contributed by atoms with E-state index in [0.717, 1.165) is 43.7 Å². The number of piperidine rings is 1. The maximum absolute atomic E-state index is 13.7. The quantitative estimate of drug-likeness (QED) is 0.604. The number of hydrogen-bond acceptors (Lipinski definition) is 6. The molecule has 0 aliphatic carbocycles. The van der Waals surface area contributed by atoms with Gasteiger partial charge in [0, 0.05) is 30.6 Å². The van der Waals surface area contributed by atoms with Gasteiger partial charge in [0.1, 0.15) is 24.4 Å². The van der Waals surface area contributed by atoms with Crippen LogP contribution >= 0.6 is 0 Å². The SMILES string of the molecule is CN1CCOc2cc(C(=O)N3[C@H]4CC[C@H](c5cc(C(F)F)nc6ncnn56)[C@@H]3CC4)ccc21. The lowest BCUT2D eigenvalue weighted by molar-refractivity contribution is 0.0553. The summed E-state index contributed by atoms with van der Waals surface area (Å²) < 4.78 is 34.4. The van der Waals surface area contributed by atoms with Gasteiger partial charge in [-0.3, -0.25) is 4.79 Å². The minimum atomic E-state index is -2.70. The van der Waals surface area contributed by atoms with E-state index in [-0.39, 0.29) is 35.4 Å². The summed E-state index contributed by atoms with van der Waals surface area (Å²) in [6.45, 7) is 1.39. The molecule has 0 saturated carbocycles. The van der Waals surface area contributed by atoms with Crippen molar-refractivity contribution in [3.8, 4) is 5.75 Å². The van der Waals surface area contributed by atoms with Crippen LogP contribution in [-0.4, -0.2) is 62.7 Å². The molecule has 3 atom stereocenters. The summed E-state index contributed by atoms with van der Waals surface area (Å²) in [5.41, 5.74) is 1.91. The predicted octanol–water partition coefficient (Wildman–Crippen LogP) is 3.44. The molecule has 0 N–H and O–H groups in total. The van der Waals surface area contributed by atoms with E-state index < -0.39 is 6.43 Å². The van der Waals surface area contributed by atoms with Crippen molar-refractivity contribution in [3.63, 3.8) is 0 Å². The number of nitrogens with zero attached hydrogens (tertiary/aromatic N) is 6. The number of alkyl halides is 2. The number of likely N-dealkylation sites (N-methyl/N-ethyl adjacent to an activating group) is 1. The molecule has 1 aromatic carbocycles. The van der Waals surface area contributed by atoms with Crippen molar-refractivity contribution >= 4 is 17.4 Å². The van der Waals surface area contributed by atoms with Gasteiger partial charge in [0.15, 0.2) is 0 Å². The van der Waals surface area contributed by atoms with Crippen LogP contribution in [0.5, 0.6) is 5.75 Å². The first-order valence-electron chi connectivity index (χ1n) is 11.3. The Bertz CT molecular complexity index is 1230. The number of halogens is 2. The zero-order chi connectivity index (χ0) is 22.7. The van der Waals surface area contributed by atoms with Crippen LogP contribution in [0.25, 0.3) is 5.78 Å². The fourth-order valence-electron chi connectivity index (χ4n) is 5.69. The fourth-order valence-corrected chi connectivity index (χ4v) is 5.69. The Hall–Kier alpha value is -3.30. The molecule has 3 aliphatic heterocycles. The number of hydrogen-bond donors (Lipinski definition) is 0. The molecule has 3 aliphatic rings. The van der Waals surface area contributed by atoms with Crippen LogP contribution < -0.4 is 9.64 Å². The van der Waals surface area contributed by atoms with Gasteiger partial charge in [0.2, 0.25) is 0 Å². The van der Waals surface area contributed by atoms with E-state index in [9.17, 15) is 13.6 Å². The average Bonchev–Trinajstić information content (AvgIpc) is 3.41. The molecule has 10 heteroatoms. The van der Waals surface area contributed by atoms with Crippen LogP contribution in [0.2, 0.25) is 0 Å². The third kappa shape index (κ3) is 3.22. The molecule has 0 unspecified atom stereocenters. The van der Waals surface area contributed by atoms with E-state index in [4.69, 9.17) is 4.74 Å².